The summed E-state index contributed by atoms with van der Waals surface area (Å²) in [6.45, 7) is 3.64. The van der Waals surface area contributed by atoms with Gasteiger partial charge >= 0.3 is 0 Å². The summed E-state index contributed by atoms with van der Waals surface area (Å²) in [6, 6.07) is 19.7. The topological polar surface area (TPSA) is 126 Å². The largest absolute Gasteiger partial charge is 0.370 e. The molecular weight excluding hydrogens is 536 g/mol. The van der Waals surface area contributed by atoms with Crippen molar-refractivity contribution in [1.29, 1.82) is 0 Å². The van der Waals surface area contributed by atoms with E-state index in [9.17, 15) is 9.59 Å². The van der Waals surface area contributed by atoms with E-state index >= 15 is 0 Å². The second-order valence-corrected chi connectivity index (χ2v) is 13.7. The fraction of sp³-hybridized carbons (Fsp3) is 0.571. The van der Waals surface area contributed by atoms with Crippen LogP contribution in [0.25, 0.3) is 0 Å². The zero-order valence-corrected chi connectivity index (χ0v) is 25.5. The maximum atomic E-state index is 14.3. The molecule has 4 aliphatic carbocycles. The molecule has 7 rings (SSSR count). The van der Waals surface area contributed by atoms with Crippen molar-refractivity contribution in [1.82, 2.24) is 15.5 Å². The Morgan fingerprint density at radius 2 is 1.53 bits per heavy atom. The molecule has 1 aliphatic heterocycles. The fourth-order valence-corrected chi connectivity index (χ4v) is 9.02. The highest BCUT2D eigenvalue weighted by atomic mass is 16.2. The number of amides is 2. The number of benzene rings is 2. The van der Waals surface area contributed by atoms with Crippen LogP contribution in [0.15, 0.2) is 65.7 Å². The molecule has 4 bridgehead atoms. The maximum absolute atomic E-state index is 14.3. The molecule has 4 saturated carbocycles. The minimum Gasteiger partial charge on any atom is -0.370 e. The number of nitrogens with one attached hydrogen (secondary N) is 2. The fourth-order valence-electron chi connectivity index (χ4n) is 9.02. The third kappa shape index (κ3) is 6.44. The minimum atomic E-state index is -0.580. The summed E-state index contributed by atoms with van der Waals surface area (Å²) in [5.41, 5.74) is 13.8. The Bertz CT molecular complexity index is 1220. The van der Waals surface area contributed by atoms with Gasteiger partial charge in [0, 0.05) is 37.0 Å². The Morgan fingerprint density at radius 1 is 0.977 bits per heavy atom. The molecule has 6 N–H and O–H groups in total. The van der Waals surface area contributed by atoms with E-state index in [1.165, 1.54) is 30.4 Å². The second-order valence-electron chi connectivity index (χ2n) is 13.7. The molecule has 5 fully saturated rings. The summed E-state index contributed by atoms with van der Waals surface area (Å²) < 4.78 is 0. The molecular formula is C35H48N6O2. The number of rotatable bonds is 10. The van der Waals surface area contributed by atoms with Crippen LogP contribution in [-0.4, -0.2) is 60.4 Å². The van der Waals surface area contributed by atoms with Gasteiger partial charge in [0.1, 0.15) is 6.04 Å². The van der Waals surface area contributed by atoms with E-state index < -0.39 is 12.1 Å². The van der Waals surface area contributed by atoms with Gasteiger partial charge < -0.3 is 21.7 Å². The summed E-state index contributed by atoms with van der Waals surface area (Å²) in [4.78, 5) is 34.5. The van der Waals surface area contributed by atoms with Gasteiger partial charge in [-0.1, -0.05) is 67.6 Å². The van der Waals surface area contributed by atoms with Gasteiger partial charge in [0.2, 0.25) is 11.8 Å². The van der Waals surface area contributed by atoms with E-state index in [1.54, 1.807) is 0 Å². The van der Waals surface area contributed by atoms with E-state index in [4.69, 9.17) is 11.5 Å². The van der Waals surface area contributed by atoms with Crippen molar-refractivity contribution in [2.75, 3.05) is 19.6 Å². The lowest BCUT2D eigenvalue weighted by atomic mass is 9.49. The van der Waals surface area contributed by atoms with Crippen LogP contribution >= 0.6 is 0 Å². The van der Waals surface area contributed by atoms with E-state index in [1.807, 2.05) is 48.2 Å². The van der Waals surface area contributed by atoms with Gasteiger partial charge in [-0.25, -0.2) is 4.99 Å². The van der Waals surface area contributed by atoms with Crippen LogP contribution in [0.5, 0.6) is 0 Å². The monoisotopic (exact) mass is 584 g/mol. The Morgan fingerprint density at radius 3 is 2.05 bits per heavy atom. The van der Waals surface area contributed by atoms with Gasteiger partial charge in [-0.2, -0.15) is 0 Å². The first-order valence-corrected chi connectivity index (χ1v) is 16.4. The minimum absolute atomic E-state index is 0.00335. The molecule has 43 heavy (non-hydrogen) atoms. The number of carbonyl (C=O) groups excluding carboxylic acids is 2. The van der Waals surface area contributed by atoms with Crippen LogP contribution in [0.4, 0.5) is 0 Å². The van der Waals surface area contributed by atoms with Crippen LogP contribution in [0.3, 0.4) is 0 Å². The van der Waals surface area contributed by atoms with Crippen molar-refractivity contribution in [2.24, 2.45) is 39.6 Å². The zero-order valence-electron chi connectivity index (χ0n) is 25.5. The van der Waals surface area contributed by atoms with Crippen molar-refractivity contribution in [3.05, 3.63) is 71.8 Å². The Labute approximate surface area is 256 Å². The summed E-state index contributed by atoms with van der Waals surface area (Å²) >= 11 is 0. The molecule has 2 aromatic rings. The Balaban J connectivity index is 1.21. The molecule has 0 spiro atoms. The molecule has 8 heteroatoms. The molecule has 1 saturated heterocycles. The van der Waals surface area contributed by atoms with Crippen molar-refractivity contribution in [3.63, 3.8) is 0 Å². The van der Waals surface area contributed by atoms with Gasteiger partial charge in [-0.15, -0.1) is 0 Å². The number of hydrogen-bond acceptors (Lipinski definition) is 4. The maximum Gasteiger partial charge on any atom is 0.241 e. The SMILES string of the molecule is CCC(N=C(N)N)[C@@H]1N[C@H](CNC(=O)C23CC4CC(CC(C4)C2)C3)CCN(CC(c2ccccc2)c2ccccc2)C1=O. The molecule has 1 heterocycles. The highest BCUT2D eigenvalue weighted by Gasteiger charge is 2.54. The number of aliphatic imine (C=N–C) groups is 1. The van der Waals surface area contributed by atoms with Crippen molar-refractivity contribution < 1.29 is 9.59 Å². The predicted molar refractivity (Wildman–Crippen MR) is 170 cm³/mol. The molecule has 5 aliphatic rings. The van der Waals surface area contributed by atoms with Crippen LogP contribution < -0.4 is 22.1 Å². The van der Waals surface area contributed by atoms with Gasteiger partial charge in [-0.3, -0.25) is 14.9 Å². The van der Waals surface area contributed by atoms with Crippen LogP contribution in [-0.2, 0) is 9.59 Å². The van der Waals surface area contributed by atoms with E-state index in [0.29, 0.717) is 26.1 Å². The molecule has 2 amide bonds. The highest BCUT2D eigenvalue weighted by Crippen LogP contribution is 2.60. The quantitative estimate of drug-likeness (QED) is 0.250. The molecule has 0 aromatic heterocycles. The van der Waals surface area contributed by atoms with Gasteiger partial charge in [0.25, 0.3) is 0 Å². The molecule has 2 aromatic carbocycles. The first-order valence-electron chi connectivity index (χ1n) is 16.4. The summed E-state index contributed by atoms with van der Waals surface area (Å²) in [7, 11) is 0. The number of nitrogens with zero attached hydrogens (tertiary/aromatic N) is 2. The molecule has 0 radical (unpaired) electrons. The van der Waals surface area contributed by atoms with Crippen molar-refractivity contribution >= 4 is 17.8 Å². The number of hydrogen-bond donors (Lipinski definition) is 4. The molecule has 3 atom stereocenters. The average molecular weight is 585 g/mol. The Hall–Kier alpha value is -3.39. The summed E-state index contributed by atoms with van der Waals surface area (Å²) in [5, 5.41) is 6.97. The lowest BCUT2D eigenvalue weighted by Crippen LogP contribution is -2.57. The standard InChI is InChI=1S/C35H48N6O2/c1-2-30(40-34(36)37)31-32(42)41(22-29(26-9-5-3-6-10-26)27-11-7-4-8-12-27)14-13-28(39-31)21-38-33(43)35-18-23-15-24(19-35)17-25(16-23)20-35/h3-12,23-25,28-31,39H,2,13-22H2,1H3,(H,38,43)(H4,36,37,40)/t23?,24?,25?,28-,30?,31-,35?/m0/s1. The summed E-state index contributed by atoms with van der Waals surface area (Å²) in [6.07, 6.45) is 8.41. The third-order valence-electron chi connectivity index (χ3n) is 10.7. The van der Waals surface area contributed by atoms with Gasteiger partial charge in [0.15, 0.2) is 5.96 Å². The first kappa shape index (κ1) is 29.7. The van der Waals surface area contributed by atoms with Crippen molar-refractivity contribution in [2.45, 2.75) is 82.3 Å². The van der Waals surface area contributed by atoms with E-state index in [2.05, 4.69) is 39.9 Å². The van der Waals surface area contributed by atoms with Gasteiger partial charge in [-0.05, 0) is 80.2 Å². The number of guanidine groups is 1. The Kier molecular flexibility index (Phi) is 8.75. The smallest absolute Gasteiger partial charge is 0.241 e. The average Bonchev–Trinajstić information content (AvgIpc) is 3.15. The van der Waals surface area contributed by atoms with E-state index in [0.717, 1.165) is 43.4 Å². The number of nitrogens with two attached hydrogens (primary N) is 2. The first-order chi connectivity index (χ1) is 20.8. The van der Waals surface area contributed by atoms with Crippen molar-refractivity contribution in [3.8, 4) is 0 Å². The zero-order chi connectivity index (χ0) is 30.0. The lowest BCUT2D eigenvalue weighted by molar-refractivity contribution is -0.146. The second kappa shape index (κ2) is 12.7. The third-order valence-corrected chi connectivity index (χ3v) is 10.7. The normalized spacial score (nSPS) is 30.6. The van der Waals surface area contributed by atoms with Gasteiger partial charge in [0.05, 0.1) is 6.04 Å². The molecule has 1 unspecified atom stereocenters. The predicted octanol–water partition coefficient (Wildman–Crippen LogP) is 3.76. The van der Waals surface area contributed by atoms with Crippen LogP contribution in [0, 0.1) is 23.2 Å². The van der Waals surface area contributed by atoms with E-state index in [-0.39, 0.29) is 35.1 Å². The lowest BCUT2D eigenvalue weighted by Gasteiger charge is -2.55. The van der Waals surface area contributed by atoms with Crippen LogP contribution in [0.1, 0.15) is 75.3 Å². The highest BCUT2D eigenvalue weighted by molar-refractivity contribution is 5.85. The molecule has 8 nitrogen and oxygen atoms in total. The van der Waals surface area contributed by atoms with Crippen LogP contribution in [0.2, 0.25) is 0 Å². The molecule has 230 valence electrons. The summed E-state index contributed by atoms with van der Waals surface area (Å²) in [5.74, 6) is 2.39. The number of carbonyl (C=O) groups is 2.